The van der Waals surface area contributed by atoms with Gasteiger partial charge in [0.15, 0.2) is 11.2 Å². The number of carbonyl (C=O) groups excluding carboxylic acids is 1. The third kappa shape index (κ3) is 2.36. The number of rotatable bonds is 3. The predicted molar refractivity (Wildman–Crippen MR) is 94.3 cm³/mol. The highest BCUT2D eigenvalue weighted by atomic mass is 35.5. The van der Waals surface area contributed by atoms with E-state index in [1.165, 1.54) is 11.3 Å². The van der Waals surface area contributed by atoms with Crippen molar-refractivity contribution in [2.24, 2.45) is 0 Å². The number of benzene rings is 2. The number of hydrogen-bond donors (Lipinski definition) is 0. The van der Waals surface area contributed by atoms with Crippen LogP contribution in [0.4, 0.5) is 0 Å². The maximum Gasteiger partial charge on any atom is 0.195 e. The monoisotopic (exact) mass is 338 g/mol. The van der Waals surface area contributed by atoms with Gasteiger partial charge in [-0.25, -0.2) is 4.98 Å². The number of carbonyl (C=O) groups is 1. The normalized spacial score (nSPS) is 11.0. The molecule has 4 aromatic rings. The van der Waals surface area contributed by atoms with Crippen LogP contribution in [0.5, 0.6) is 0 Å². The van der Waals surface area contributed by atoms with E-state index in [-0.39, 0.29) is 0 Å². The lowest BCUT2D eigenvalue weighted by molar-refractivity contribution is 0.111. The number of aldehydes is 1. The van der Waals surface area contributed by atoms with Gasteiger partial charge in [-0.2, -0.15) is 0 Å². The molecule has 0 unspecified atom stereocenters. The number of hydrogen-bond acceptors (Lipinski definition) is 3. The third-order valence-electron chi connectivity index (χ3n) is 3.70. The lowest BCUT2D eigenvalue weighted by Crippen LogP contribution is -1.94. The zero-order chi connectivity index (χ0) is 15.8. The molecule has 0 saturated carbocycles. The van der Waals surface area contributed by atoms with Gasteiger partial charge in [-0.1, -0.05) is 54.1 Å². The highest BCUT2D eigenvalue weighted by Gasteiger charge is 2.18. The van der Waals surface area contributed by atoms with Gasteiger partial charge in [-0.3, -0.25) is 9.20 Å². The molecule has 0 spiro atoms. The summed E-state index contributed by atoms with van der Waals surface area (Å²) in [7, 11) is 0. The maximum absolute atomic E-state index is 11.7. The molecule has 0 atom stereocenters. The highest BCUT2D eigenvalue weighted by Crippen LogP contribution is 2.32. The number of halogens is 1. The lowest BCUT2D eigenvalue weighted by atomic mass is 10.1. The Bertz CT molecular complexity index is 987. The van der Waals surface area contributed by atoms with Gasteiger partial charge in [0, 0.05) is 16.0 Å². The fourth-order valence-corrected chi connectivity index (χ4v) is 3.65. The number of fused-ring (bicyclic) bond motifs is 1. The molecule has 112 valence electrons. The average Bonchev–Trinajstić information content (AvgIpc) is 3.15. The molecule has 2 aromatic heterocycles. The molecule has 0 fully saturated rings. The van der Waals surface area contributed by atoms with Gasteiger partial charge in [-0.05, 0) is 17.7 Å². The van der Waals surface area contributed by atoms with Crippen LogP contribution in [-0.4, -0.2) is 15.7 Å². The van der Waals surface area contributed by atoms with Crippen LogP contribution in [0.2, 0.25) is 5.02 Å². The van der Waals surface area contributed by atoms with Crippen molar-refractivity contribution in [2.75, 3.05) is 0 Å². The summed E-state index contributed by atoms with van der Waals surface area (Å²) in [4.78, 5) is 17.2. The van der Waals surface area contributed by atoms with E-state index in [4.69, 9.17) is 11.6 Å². The molecule has 4 rings (SSSR count). The molecule has 0 N–H and O–H groups in total. The molecule has 0 aliphatic heterocycles. The van der Waals surface area contributed by atoms with Crippen LogP contribution < -0.4 is 0 Å². The Hall–Kier alpha value is -2.43. The number of nitrogens with zero attached hydrogens (tertiary/aromatic N) is 2. The summed E-state index contributed by atoms with van der Waals surface area (Å²) in [6.07, 6.45) is 0.864. The SMILES string of the molecule is O=Cc1c(-c2ccc(Cl)cc2)nc2scc(-c3ccccc3)n12. The first-order valence-electron chi connectivity index (χ1n) is 7.04. The van der Waals surface area contributed by atoms with Crippen LogP contribution >= 0.6 is 22.9 Å². The summed E-state index contributed by atoms with van der Waals surface area (Å²) in [6, 6.07) is 17.4. The first kappa shape index (κ1) is 14.2. The van der Waals surface area contributed by atoms with E-state index in [0.717, 1.165) is 28.1 Å². The molecule has 0 saturated heterocycles. The fourth-order valence-electron chi connectivity index (χ4n) is 2.62. The summed E-state index contributed by atoms with van der Waals surface area (Å²) in [5.74, 6) is 0. The highest BCUT2D eigenvalue weighted by molar-refractivity contribution is 7.15. The van der Waals surface area contributed by atoms with Gasteiger partial charge in [-0.15, -0.1) is 11.3 Å². The molecule has 0 radical (unpaired) electrons. The van der Waals surface area contributed by atoms with E-state index >= 15 is 0 Å². The van der Waals surface area contributed by atoms with Crippen LogP contribution in [0, 0.1) is 0 Å². The van der Waals surface area contributed by atoms with Crippen molar-refractivity contribution in [3.05, 3.63) is 70.7 Å². The smallest absolute Gasteiger partial charge is 0.195 e. The lowest BCUT2D eigenvalue weighted by Gasteiger charge is -2.02. The summed E-state index contributed by atoms with van der Waals surface area (Å²) in [5.41, 5.74) is 4.15. The Morgan fingerprint density at radius 1 is 1.00 bits per heavy atom. The molecule has 2 heterocycles. The zero-order valence-electron chi connectivity index (χ0n) is 11.9. The topological polar surface area (TPSA) is 34.4 Å². The number of aromatic nitrogens is 2. The van der Waals surface area contributed by atoms with Crippen LogP contribution in [0.15, 0.2) is 60.0 Å². The van der Waals surface area contributed by atoms with Gasteiger partial charge in [0.05, 0.1) is 5.69 Å². The number of thiazole rings is 1. The number of imidazole rings is 1. The van der Waals surface area contributed by atoms with Gasteiger partial charge in [0.25, 0.3) is 0 Å². The molecule has 3 nitrogen and oxygen atoms in total. The Morgan fingerprint density at radius 2 is 1.74 bits per heavy atom. The standard InChI is InChI=1S/C18H11ClN2OS/c19-14-8-6-13(7-9-14)17-15(10-22)21-16(11-23-18(21)20-17)12-4-2-1-3-5-12/h1-11H. The average molecular weight is 339 g/mol. The van der Waals surface area contributed by atoms with Crippen molar-refractivity contribution in [1.29, 1.82) is 0 Å². The van der Waals surface area contributed by atoms with Gasteiger partial charge in [0.2, 0.25) is 0 Å². The Kier molecular flexibility index (Phi) is 3.48. The summed E-state index contributed by atoms with van der Waals surface area (Å²) < 4.78 is 1.91. The minimum atomic E-state index is 0.558. The molecular formula is C18H11ClN2OS. The molecule has 0 aliphatic carbocycles. The van der Waals surface area contributed by atoms with Crippen molar-refractivity contribution in [3.63, 3.8) is 0 Å². The van der Waals surface area contributed by atoms with E-state index in [1.54, 1.807) is 12.1 Å². The van der Waals surface area contributed by atoms with Crippen LogP contribution in [-0.2, 0) is 0 Å². The summed E-state index contributed by atoms with van der Waals surface area (Å²) in [5, 5.41) is 2.68. The van der Waals surface area contributed by atoms with Crippen molar-refractivity contribution in [3.8, 4) is 22.5 Å². The van der Waals surface area contributed by atoms with Crippen LogP contribution in [0.1, 0.15) is 10.5 Å². The first-order valence-corrected chi connectivity index (χ1v) is 8.30. The van der Waals surface area contributed by atoms with Crippen molar-refractivity contribution in [1.82, 2.24) is 9.38 Å². The van der Waals surface area contributed by atoms with E-state index in [1.807, 2.05) is 52.2 Å². The predicted octanol–water partition coefficient (Wildman–Crippen LogP) is 5.20. The fraction of sp³-hybridized carbons (Fsp3) is 0. The van der Waals surface area contributed by atoms with Crippen LogP contribution in [0.3, 0.4) is 0 Å². The first-order chi connectivity index (χ1) is 11.3. The molecule has 5 heteroatoms. The Labute approximate surface area is 141 Å². The molecule has 2 aromatic carbocycles. The minimum absolute atomic E-state index is 0.558. The van der Waals surface area contributed by atoms with Gasteiger partial charge >= 0.3 is 0 Å². The van der Waals surface area contributed by atoms with E-state index in [9.17, 15) is 4.79 Å². The largest absolute Gasteiger partial charge is 0.296 e. The molecule has 0 amide bonds. The zero-order valence-corrected chi connectivity index (χ0v) is 13.5. The Balaban J connectivity index is 1.97. The Morgan fingerprint density at radius 3 is 2.43 bits per heavy atom. The van der Waals surface area contributed by atoms with E-state index < -0.39 is 0 Å². The third-order valence-corrected chi connectivity index (χ3v) is 4.78. The van der Waals surface area contributed by atoms with Crippen molar-refractivity contribution >= 4 is 34.2 Å². The van der Waals surface area contributed by atoms with Gasteiger partial charge < -0.3 is 0 Å². The maximum atomic E-state index is 11.7. The van der Waals surface area contributed by atoms with Gasteiger partial charge in [0.1, 0.15) is 11.4 Å². The second-order valence-corrected chi connectivity index (χ2v) is 6.35. The summed E-state index contributed by atoms with van der Waals surface area (Å²) in [6.45, 7) is 0. The second-order valence-electron chi connectivity index (χ2n) is 5.08. The van der Waals surface area contributed by atoms with Crippen molar-refractivity contribution < 1.29 is 4.79 Å². The quantitative estimate of drug-likeness (QED) is 0.481. The van der Waals surface area contributed by atoms with Crippen molar-refractivity contribution in [2.45, 2.75) is 0 Å². The van der Waals surface area contributed by atoms with E-state index in [2.05, 4.69) is 4.98 Å². The molecule has 23 heavy (non-hydrogen) atoms. The minimum Gasteiger partial charge on any atom is -0.296 e. The van der Waals surface area contributed by atoms with E-state index in [0.29, 0.717) is 16.4 Å². The summed E-state index contributed by atoms with van der Waals surface area (Å²) >= 11 is 7.47. The molecule has 0 aliphatic rings. The molecular weight excluding hydrogens is 328 g/mol. The second kappa shape index (κ2) is 5.65. The molecule has 0 bridgehead atoms. The van der Waals surface area contributed by atoms with Crippen LogP contribution in [0.25, 0.3) is 27.5 Å².